The monoisotopic (exact) mass is 312 g/mol. The molecule has 1 aromatic carbocycles. The minimum Gasteiger partial charge on any atom is -0.326 e. The van der Waals surface area contributed by atoms with Gasteiger partial charge in [-0.25, -0.2) is 0 Å². The lowest BCUT2D eigenvalue weighted by Gasteiger charge is -2.16. The Morgan fingerprint density at radius 3 is 2.39 bits per heavy atom. The number of nitrogens with one attached hydrogen (secondary N) is 2. The Bertz CT molecular complexity index is 673. The maximum absolute atomic E-state index is 12.1. The van der Waals surface area contributed by atoms with Gasteiger partial charge < -0.3 is 10.6 Å². The molecule has 2 rings (SSSR count). The second-order valence-electron chi connectivity index (χ2n) is 5.34. The van der Waals surface area contributed by atoms with Gasteiger partial charge in [0.2, 0.25) is 11.8 Å². The van der Waals surface area contributed by atoms with Gasteiger partial charge in [-0.15, -0.1) is 0 Å². The number of carbonyl (C=O) groups is 2. The number of hydrogen-bond donors (Lipinski definition) is 2. The van der Waals surface area contributed by atoms with Crippen LogP contribution in [0.15, 0.2) is 48.8 Å². The van der Waals surface area contributed by atoms with Crippen LogP contribution in [0.2, 0.25) is 0 Å². The molecule has 0 unspecified atom stereocenters. The Morgan fingerprint density at radius 1 is 1.09 bits per heavy atom. The summed E-state index contributed by atoms with van der Waals surface area (Å²) in [6, 6.07) is 10.9. The van der Waals surface area contributed by atoms with Gasteiger partial charge in [-0.3, -0.25) is 19.5 Å². The summed E-state index contributed by atoms with van der Waals surface area (Å²) in [4.78, 5) is 29.0. The summed E-state index contributed by atoms with van der Waals surface area (Å²) in [5.74, 6) is -0.257. The third-order valence-corrected chi connectivity index (χ3v) is 3.08. The predicted octanol–water partition coefficient (Wildman–Crippen LogP) is 2.11. The molecule has 2 aromatic rings. The van der Waals surface area contributed by atoms with Gasteiger partial charge in [0.05, 0.1) is 6.54 Å². The zero-order valence-electron chi connectivity index (χ0n) is 13.2. The average molecular weight is 312 g/mol. The fraction of sp³-hybridized carbons (Fsp3) is 0.235. The summed E-state index contributed by atoms with van der Waals surface area (Å²) in [7, 11) is 1.88. The van der Waals surface area contributed by atoms with Crippen molar-refractivity contribution >= 4 is 23.2 Å². The first-order valence-corrected chi connectivity index (χ1v) is 7.28. The molecule has 0 radical (unpaired) electrons. The van der Waals surface area contributed by atoms with E-state index in [1.807, 2.05) is 24.1 Å². The lowest BCUT2D eigenvalue weighted by molar-refractivity contribution is -0.117. The molecule has 1 heterocycles. The average Bonchev–Trinajstić information content (AvgIpc) is 2.47. The van der Waals surface area contributed by atoms with E-state index in [9.17, 15) is 9.59 Å². The zero-order valence-corrected chi connectivity index (χ0v) is 13.2. The van der Waals surface area contributed by atoms with Crippen molar-refractivity contribution < 1.29 is 9.59 Å². The number of aromatic nitrogens is 1. The van der Waals surface area contributed by atoms with E-state index < -0.39 is 0 Å². The zero-order chi connectivity index (χ0) is 16.7. The fourth-order valence-corrected chi connectivity index (χ4v) is 2.18. The van der Waals surface area contributed by atoms with Gasteiger partial charge in [-0.2, -0.15) is 0 Å². The van der Waals surface area contributed by atoms with Crippen molar-refractivity contribution in [2.24, 2.45) is 0 Å². The Morgan fingerprint density at radius 2 is 1.74 bits per heavy atom. The highest BCUT2D eigenvalue weighted by Crippen LogP contribution is 2.15. The number of rotatable bonds is 6. The van der Waals surface area contributed by atoms with Crippen LogP contribution in [0.5, 0.6) is 0 Å². The van der Waals surface area contributed by atoms with Crippen LogP contribution in [-0.2, 0) is 16.1 Å². The predicted molar refractivity (Wildman–Crippen MR) is 89.9 cm³/mol. The molecule has 0 aliphatic heterocycles. The van der Waals surface area contributed by atoms with Crippen molar-refractivity contribution in [2.45, 2.75) is 13.5 Å². The summed E-state index contributed by atoms with van der Waals surface area (Å²) in [6.45, 7) is 2.38. The van der Waals surface area contributed by atoms with Crippen LogP contribution in [0.25, 0.3) is 0 Å². The van der Waals surface area contributed by atoms with Crippen molar-refractivity contribution in [3.63, 3.8) is 0 Å². The number of hydrogen-bond acceptors (Lipinski definition) is 4. The van der Waals surface area contributed by atoms with Crippen molar-refractivity contribution in [1.29, 1.82) is 0 Å². The number of anilines is 2. The maximum atomic E-state index is 12.1. The van der Waals surface area contributed by atoms with Gasteiger partial charge in [0.1, 0.15) is 0 Å². The summed E-state index contributed by atoms with van der Waals surface area (Å²) < 4.78 is 0. The maximum Gasteiger partial charge on any atom is 0.238 e. The Labute approximate surface area is 135 Å². The van der Waals surface area contributed by atoms with E-state index in [0.29, 0.717) is 17.9 Å². The topological polar surface area (TPSA) is 74.3 Å². The minimum absolute atomic E-state index is 0.110. The second kappa shape index (κ2) is 8.05. The number of benzene rings is 1. The van der Waals surface area contributed by atoms with Gasteiger partial charge in [0, 0.05) is 37.2 Å². The van der Waals surface area contributed by atoms with Crippen molar-refractivity contribution in [2.75, 3.05) is 24.2 Å². The quantitative estimate of drug-likeness (QED) is 0.857. The number of amides is 2. The van der Waals surface area contributed by atoms with E-state index >= 15 is 0 Å². The molecule has 0 fully saturated rings. The highest BCUT2D eigenvalue weighted by Gasteiger charge is 2.08. The van der Waals surface area contributed by atoms with Crippen LogP contribution < -0.4 is 10.6 Å². The van der Waals surface area contributed by atoms with E-state index in [1.165, 1.54) is 6.92 Å². The van der Waals surface area contributed by atoms with Crippen LogP contribution in [0.1, 0.15) is 12.5 Å². The van der Waals surface area contributed by atoms with Crippen LogP contribution in [0.4, 0.5) is 11.4 Å². The molecule has 0 atom stereocenters. The fourth-order valence-electron chi connectivity index (χ4n) is 2.18. The van der Waals surface area contributed by atoms with Crippen molar-refractivity contribution in [3.8, 4) is 0 Å². The molecule has 2 amide bonds. The van der Waals surface area contributed by atoms with E-state index in [0.717, 1.165) is 5.56 Å². The normalized spacial score (nSPS) is 10.4. The van der Waals surface area contributed by atoms with E-state index in [2.05, 4.69) is 15.6 Å². The molecule has 0 saturated carbocycles. The number of nitrogens with zero attached hydrogens (tertiary/aromatic N) is 2. The van der Waals surface area contributed by atoms with Crippen LogP contribution in [0, 0.1) is 0 Å². The number of carbonyl (C=O) groups excluding carboxylic acids is 2. The molecule has 0 bridgehead atoms. The minimum atomic E-state index is -0.148. The lowest BCUT2D eigenvalue weighted by atomic mass is 10.2. The first-order chi connectivity index (χ1) is 11.0. The summed E-state index contributed by atoms with van der Waals surface area (Å²) in [5.41, 5.74) is 2.40. The molecule has 120 valence electrons. The molecule has 1 aromatic heterocycles. The third kappa shape index (κ3) is 5.88. The van der Waals surface area contributed by atoms with Gasteiger partial charge in [0.25, 0.3) is 0 Å². The van der Waals surface area contributed by atoms with Crippen LogP contribution in [-0.4, -0.2) is 35.3 Å². The second-order valence-corrected chi connectivity index (χ2v) is 5.34. The van der Waals surface area contributed by atoms with Crippen molar-refractivity contribution in [3.05, 3.63) is 54.4 Å². The Balaban J connectivity index is 1.88. The van der Waals surface area contributed by atoms with Crippen LogP contribution >= 0.6 is 0 Å². The SMILES string of the molecule is CC(=O)Nc1cccc(NC(=O)CN(C)Cc2ccncc2)c1. The molecular weight excluding hydrogens is 292 g/mol. The highest BCUT2D eigenvalue weighted by molar-refractivity contribution is 5.94. The molecule has 0 saturated heterocycles. The standard InChI is InChI=1S/C17H20N4O2/c1-13(22)19-15-4-3-5-16(10-15)20-17(23)12-21(2)11-14-6-8-18-9-7-14/h3-10H,11-12H2,1-2H3,(H,19,22)(H,20,23). The molecule has 6 heteroatoms. The lowest BCUT2D eigenvalue weighted by Crippen LogP contribution is -2.29. The summed E-state index contributed by atoms with van der Waals surface area (Å²) in [5, 5.41) is 5.51. The van der Waals surface area contributed by atoms with Gasteiger partial charge in [0.15, 0.2) is 0 Å². The van der Waals surface area contributed by atoms with Gasteiger partial charge >= 0.3 is 0 Å². The van der Waals surface area contributed by atoms with Gasteiger partial charge in [-0.1, -0.05) is 6.07 Å². The van der Waals surface area contributed by atoms with Crippen LogP contribution in [0.3, 0.4) is 0 Å². The molecule has 0 aliphatic carbocycles. The van der Waals surface area contributed by atoms with Crippen molar-refractivity contribution in [1.82, 2.24) is 9.88 Å². The Kier molecular flexibility index (Phi) is 5.82. The van der Waals surface area contributed by atoms with Gasteiger partial charge in [-0.05, 0) is 42.9 Å². The number of likely N-dealkylation sites (N-methyl/N-ethyl adjacent to an activating group) is 1. The number of pyridine rings is 1. The summed E-state index contributed by atoms with van der Waals surface area (Å²) in [6.07, 6.45) is 3.47. The first-order valence-electron chi connectivity index (χ1n) is 7.28. The first kappa shape index (κ1) is 16.6. The summed E-state index contributed by atoms with van der Waals surface area (Å²) >= 11 is 0. The Hall–Kier alpha value is -2.73. The van der Waals surface area contributed by atoms with E-state index in [4.69, 9.17) is 0 Å². The molecular formula is C17H20N4O2. The molecule has 2 N–H and O–H groups in total. The smallest absolute Gasteiger partial charge is 0.238 e. The highest BCUT2D eigenvalue weighted by atomic mass is 16.2. The third-order valence-electron chi connectivity index (χ3n) is 3.08. The van der Waals surface area contributed by atoms with E-state index in [1.54, 1.807) is 36.7 Å². The van der Waals surface area contributed by atoms with E-state index in [-0.39, 0.29) is 18.4 Å². The molecule has 0 aliphatic rings. The molecule has 6 nitrogen and oxygen atoms in total. The molecule has 23 heavy (non-hydrogen) atoms. The largest absolute Gasteiger partial charge is 0.326 e. The molecule has 0 spiro atoms.